The molecule has 1 amide bonds. The van der Waals surface area contributed by atoms with Gasteiger partial charge >= 0.3 is 0 Å². The molecule has 0 aromatic rings. The van der Waals surface area contributed by atoms with Gasteiger partial charge in [-0.1, -0.05) is 0 Å². The molecule has 0 bridgehead atoms. The van der Waals surface area contributed by atoms with Crippen LogP contribution in [0, 0.1) is 5.92 Å². The average molecular weight is 240 g/mol. The summed E-state index contributed by atoms with van der Waals surface area (Å²) in [4.78, 5) is 11.8. The van der Waals surface area contributed by atoms with Gasteiger partial charge in [-0.3, -0.25) is 4.79 Å². The fraction of sp³-hybridized carbons (Fsp3) is 0.923. The molecular formula is C13H24N2O2. The number of ether oxygens (including phenoxy) is 1. The van der Waals surface area contributed by atoms with E-state index < -0.39 is 0 Å². The zero-order chi connectivity index (χ0) is 12.1. The third-order valence-corrected chi connectivity index (χ3v) is 3.73. The minimum absolute atomic E-state index is 0.221. The lowest BCUT2D eigenvalue weighted by Gasteiger charge is -2.35. The van der Waals surface area contributed by atoms with Crippen LogP contribution in [-0.4, -0.2) is 37.7 Å². The highest BCUT2D eigenvalue weighted by Gasteiger charge is 2.31. The molecule has 2 N–H and O–H groups in total. The molecule has 2 aliphatic rings. The average Bonchev–Trinajstić information content (AvgIpc) is 2.27. The van der Waals surface area contributed by atoms with E-state index in [0.717, 1.165) is 39.0 Å². The zero-order valence-electron chi connectivity index (χ0n) is 10.7. The van der Waals surface area contributed by atoms with Crippen LogP contribution in [0.3, 0.4) is 0 Å². The minimum Gasteiger partial charge on any atom is -0.378 e. The lowest BCUT2D eigenvalue weighted by molar-refractivity contribution is -0.125. The summed E-state index contributed by atoms with van der Waals surface area (Å²) in [5.74, 6) is 0.766. The molecule has 4 heteroatoms. The standard InChI is InChI=1S/C13H24N2O2/c1-2-17-12-6-10(7-12)8-13(16)15-11-4-3-5-14-9-11/h10-12,14H,2-9H2,1H3,(H,15,16)/t10?,11-,12?/m0/s1. The first-order valence-electron chi connectivity index (χ1n) is 6.89. The van der Waals surface area contributed by atoms with Crippen LogP contribution in [0.1, 0.15) is 39.0 Å². The van der Waals surface area contributed by atoms with E-state index in [1.807, 2.05) is 6.92 Å². The minimum atomic E-state index is 0.221. The summed E-state index contributed by atoms with van der Waals surface area (Å²) in [6, 6.07) is 0.346. The van der Waals surface area contributed by atoms with Gasteiger partial charge < -0.3 is 15.4 Å². The number of amides is 1. The molecule has 0 radical (unpaired) electrons. The highest BCUT2D eigenvalue weighted by molar-refractivity contribution is 5.76. The topological polar surface area (TPSA) is 50.4 Å². The van der Waals surface area contributed by atoms with E-state index in [1.54, 1.807) is 0 Å². The van der Waals surface area contributed by atoms with Crippen LogP contribution in [0.25, 0.3) is 0 Å². The molecule has 1 atom stereocenters. The Morgan fingerprint density at radius 1 is 1.47 bits per heavy atom. The highest BCUT2D eigenvalue weighted by atomic mass is 16.5. The van der Waals surface area contributed by atoms with Gasteiger partial charge in [0.05, 0.1) is 6.10 Å². The number of carbonyl (C=O) groups excluding carboxylic acids is 1. The number of hydrogen-bond donors (Lipinski definition) is 2. The number of rotatable bonds is 5. The molecule has 0 spiro atoms. The fourth-order valence-electron chi connectivity index (χ4n) is 2.74. The van der Waals surface area contributed by atoms with Gasteiger partial charge in [0.2, 0.25) is 5.91 Å². The summed E-state index contributed by atoms with van der Waals surface area (Å²) in [7, 11) is 0. The van der Waals surface area contributed by atoms with E-state index in [-0.39, 0.29) is 5.91 Å². The molecule has 0 unspecified atom stereocenters. The molecule has 2 rings (SSSR count). The van der Waals surface area contributed by atoms with E-state index in [1.165, 1.54) is 6.42 Å². The summed E-state index contributed by atoms with van der Waals surface area (Å²) in [6.45, 7) is 4.83. The second-order valence-electron chi connectivity index (χ2n) is 5.23. The summed E-state index contributed by atoms with van der Waals surface area (Å²) < 4.78 is 5.50. The van der Waals surface area contributed by atoms with E-state index in [9.17, 15) is 4.79 Å². The first-order valence-corrected chi connectivity index (χ1v) is 6.89. The Kier molecular flexibility index (Phi) is 4.80. The van der Waals surface area contributed by atoms with E-state index >= 15 is 0 Å². The first-order chi connectivity index (χ1) is 8.28. The van der Waals surface area contributed by atoms with Gasteiger partial charge in [-0.25, -0.2) is 0 Å². The predicted octanol–water partition coefficient (Wildman–Crippen LogP) is 1.06. The highest BCUT2D eigenvalue weighted by Crippen LogP contribution is 2.32. The molecule has 98 valence electrons. The number of hydrogen-bond acceptors (Lipinski definition) is 3. The molecule has 17 heavy (non-hydrogen) atoms. The van der Waals surface area contributed by atoms with Crippen LogP contribution in [0.5, 0.6) is 0 Å². The summed E-state index contributed by atoms with van der Waals surface area (Å²) in [5, 5.41) is 6.43. The van der Waals surface area contributed by atoms with Gasteiger partial charge in [0.1, 0.15) is 0 Å². The number of nitrogens with one attached hydrogen (secondary N) is 2. The second kappa shape index (κ2) is 6.36. The third-order valence-electron chi connectivity index (χ3n) is 3.73. The summed E-state index contributed by atoms with van der Waals surface area (Å²) in [5.41, 5.74) is 0. The van der Waals surface area contributed by atoms with Crippen molar-refractivity contribution in [1.29, 1.82) is 0 Å². The Hall–Kier alpha value is -0.610. The molecule has 1 aliphatic heterocycles. The van der Waals surface area contributed by atoms with Gasteiger partial charge in [-0.15, -0.1) is 0 Å². The third kappa shape index (κ3) is 3.96. The first kappa shape index (κ1) is 12.8. The fourth-order valence-corrected chi connectivity index (χ4v) is 2.74. The molecule has 2 fully saturated rings. The predicted molar refractivity (Wildman–Crippen MR) is 66.8 cm³/mol. The lowest BCUT2D eigenvalue weighted by Crippen LogP contribution is -2.46. The van der Waals surface area contributed by atoms with Crippen molar-refractivity contribution in [3.05, 3.63) is 0 Å². The largest absolute Gasteiger partial charge is 0.378 e. The van der Waals surface area contributed by atoms with Gasteiger partial charge in [0.15, 0.2) is 0 Å². The maximum absolute atomic E-state index is 11.8. The molecule has 4 nitrogen and oxygen atoms in total. The SMILES string of the molecule is CCOC1CC(CC(=O)N[C@H]2CCCNC2)C1. The molecule has 0 aromatic heterocycles. The Bertz CT molecular complexity index is 246. The number of carbonyl (C=O) groups is 1. The molecule has 1 heterocycles. The molecule has 1 aliphatic carbocycles. The summed E-state index contributed by atoms with van der Waals surface area (Å²) in [6.07, 6.45) is 5.49. The number of piperidine rings is 1. The van der Waals surface area contributed by atoms with Crippen LogP contribution in [0.15, 0.2) is 0 Å². The molecule has 1 saturated carbocycles. The maximum atomic E-state index is 11.8. The van der Waals surface area contributed by atoms with Crippen LogP contribution in [0.2, 0.25) is 0 Å². The quantitative estimate of drug-likeness (QED) is 0.755. The van der Waals surface area contributed by atoms with Gasteiger partial charge in [0.25, 0.3) is 0 Å². The van der Waals surface area contributed by atoms with Crippen molar-refractivity contribution in [2.75, 3.05) is 19.7 Å². The second-order valence-corrected chi connectivity index (χ2v) is 5.23. The van der Waals surface area contributed by atoms with Gasteiger partial charge in [0, 0.05) is 25.6 Å². The van der Waals surface area contributed by atoms with Gasteiger partial charge in [-0.2, -0.15) is 0 Å². The van der Waals surface area contributed by atoms with E-state index in [0.29, 0.717) is 24.5 Å². The van der Waals surface area contributed by atoms with Crippen molar-refractivity contribution in [1.82, 2.24) is 10.6 Å². The molecular weight excluding hydrogens is 216 g/mol. The van der Waals surface area contributed by atoms with Crippen LogP contribution >= 0.6 is 0 Å². The molecule has 0 aromatic carbocycles. The zero-order valence-corrected chi connectivity index (χ0v) is 10.7. The van der Waals surface area contributed by atoms with Crippen molar-refractivity contribution < 1.29 is 9.53 Å². The van der Waals surface area contributed by atoms with Crippen molar-refractivity contribution in [2.45, 2.75) is 51.2 Å². The van der Waals surface area contributed by atoms with Crippen molar-refractivity contribution in [2.24, 2.45) is 5.92 Å². The molecule has 1 saturated heterocycles. The van der Waals surface area contributed by atoms with Crippen LogP contribution < -0.4 is 10.6 Å². The monoisotopic (exact) mass is 240 g/mol. The lowest BCUT2D eigenvalue weighted by atomic mass is 9.80. The Labute approximate surface area is 103 Å². The Morgan fingerprint density at radius 2 is 2.29 bits per heavy atom. The van der Waals surface area contributed by atoms with Crippen LogP contribution in [-0.2, 0) is 9.53 Å². The van der Waals surface area contributed by atoms with Crippen LogP contribution in [0.4, 0.5) is 0 Å². The smallest absolute Gasteiger partial charge is 0.220 e. The Morgan fingerprint density at radius 3 is 2.94 bits per heavy atom. The van der Waals surface area contributed by atoms with E-state index in [4.69, 9.17) is 4.74 Å². The van der Waals surface area contributed by atoms with Crippen molar-refractivity contribution >= 4 is 5.91 Å². The van der Waals surface area contributed by atoms with E-state index in [2.05, 4.69) is 10.6 Å². The van der Waals surface area contributed by atoms with Crippen molar-refractivity contribution in [3.63, 3.8) is 0 Å². The van der Waals surface area contributed by atoms with Crippen molar-refractivity contribution in [3.8, 4) is 0 Å². The normalized spacial score (nSPS) is 32.9. The van der Waals surface area contributed by atoms with Gasteiger partial charge in [-0.05, 0) is 45.1 Å². The summed E-state index contributed by atoms with van der Waals surface area (Å²) >= 11 is 0. The Balaban J connectivity index is 1.58. The maximum Gasteiger partial charge on any atom is 0.220 e.